The Labute approximate surface area is 128 Å². The second-order valence-corrected chi connectivity index (χ2v) is 6.52. The Bertz CT molecular complexity index is 489. The van der Waals surface area contributed by atoms with Gasteiger partial charge in [-0.2, -0.15) is 5.26 Å². The summed E-state index contributed by atoms with van der Waals surface area (Å²) in [6.45, 7) is 12.4. The molecule has 0 aliphatic carbocycles. The summed E-state index contributed by atoms with van der Waals surface area (Å²) >= 11 is 0. The summed E-state index contributed by atoms with van der Waals surface area (Å²) in [7, 11) is 0. The van der Waals surface area contributed by atoms with Crippen LogP contribution in [0, 0.1) is 29.6 Å². The Kier molecular flexibility index (Phi) is 6.64. The summed E-state index contributed by atoms with van der Waals surface area (Å²) in [5.74, 6) is 1.42. The second-order valence-electron chi connectivity index (χ2n) is 6.52. The van der Waals surface area contributed by atoms with E-state index in [1.54, 1.807) is 0 Å². The quantitative estimate of drug-likeness (QED) is 0.796. The molecule has 0 amide bonds. The van der Waals surface area contributed by atoms with Gasteiger partial charge in [0, 0.05) is 12.2 Å². The van der Waals surface area contributed by atoms with Gasteiger partial charge < -0.3 is 10.1 Å². The van der Waals surface area contributed by atoms with Crippen molar-refractivity contribution in [3.05, 3.63) is 23.5 Å². The molecule has 4 nitrogen and oxygen atoms in total. The van der Waals surface area contributed by atoms with Crippen LogP contribution in [0.4, 0.5) is 0 Å². The van der Waals surface area contributed by atoms with Crippen molar-refractivity contribution < 1.29 is 4.74 Å². The Balaban J connectivity index is 2.62. The minimum absolute atomic E-state index is 0.353. The Hall–Kier alpha value is -1.60. The van der Waals surface area contributed by atoms with Crippen LogP contribution < -0.4 is 10.1 Å². The normalized spacial score (nSPS) is 11.5. The number of nitrogens with zero attached hydrogens (tertiary/aromatic N) is 2. The van der Waals surface area contributed by atoms with Gasteiger partial charge >= 0.3 is 0 Å². The summed E-state index contributed by atoms with van der Waals surface area (Å²) in [5, 5.41) is 12.4. The zero-order chi connectivity index (χ0) is 15.9. The molecule has 1 heterocycles. The maximum Gasteiger partial charge on any atom is 0.142 e. The largest absolute Gasteiger partial charge is 0.492 e. The highest BCUT2D eigenvalue weighted by Gasteiger charge is 2.17. The van der Waals surface area contributed by atoms with E-state index in [0.717, 1.165) is 23.7 Å². The molecule has 0 atom stereocenters. The highest BCUT2D eigenvalue weighted by molar-refractivity contribution is 5.29. The van der Waals surface area contributed by atoms with E-state index >= 15 is 0 Å². The molecule has 0 unspecified atom stereocenters. The first kappa shape index (κ1) is 17.5. The van der Waals surface area contributed by atoms with Crippen molar-refractivity contribution in [2.24, 2.45) is 11.3 Å². The zero-order valence-electron chi connectivity index (χ0n) is 13.9. The van der Waals surface area contributed by atoms with Gasteiger partial charge in [-0.05, 0) is 51.8 Å². The molecule has 0 aliphatic heterocycles. The first-order chi connectivity index (χ1) is 9.84. The topological polar surface area (TPSA) is 57.9 Å². The van der Waals surface area contributed by atoms with E-state index in [1.165, 1.54) is 0 Å². The molecule has 1 aromatic rings. The number of nitrogens with one attached hydrogen (secondary N) is 1. The minimum Gasteiger partial charge on any atom is -0.492 e. The molecule has 0 bridgehead atoms. The van der Waals surface area contributed by atoms with Crippen molar-refractivity contribution in [3.63, 3.8) is 0 Å². The standard InChI is InChI=1S/C17H27N3O/c1-13(2)10-19-11-15-16(7-6-14(3)20-15)21-9-8-17(4,5)12-18/h6-7,13,19H,8-11H2,1-5H3. The van der Waals surface area contributed by atoms with Crippen LogP contribution in [0.2, 0.25) is 0 Å². The molecule has 4 heteroatoms. The molecule has 0 aliphatic rings. The lowest BCUT2D eigenvalue weighted by molar-refractivity contribution is 0.260. The number of aromatic nitrogens is 1. The van der Waals surface area contributed by atoms with E-state index in [0.29, 0.717) is 25.5 Å². The lowest BCUT2D eigenvalue weighted by Gasteiger charge is -2.17. The molecule has 116 valence electrons. The summed E-state index contributed by atoms with van der Waals surface area (Å²) in [6, 6.07) is 6.21. The number of hydrogen-bond acceptors (Lipinski definition) is 4. The molecule has 0 aromatic carbocycles. The summed E-state index contributed by atoms with van der Waals surface area (Å²) < 4.78 is 5.83. The van der Waals surface area contributed by atoms with Crippen molar-refractivity contribution in [3.8, 4) is 11.8 Å². The monoisotopic (exact) mass is 289 g/mol. The maximum absolute atomic E-state index is 9.02. The van der Waals surface area contributed by atoms with Crippen molar-refractivity contribution >= 4 is 0 Å². The van der Waals surface area contributed by atoms with Gasteiger partial charge in [-0.25, -0.2) is 0 Å². The molecule has 0 saturated carbocycles. The molecule has 0 spiro atoms. The number of ether oxygens (including phenoxy) is 1. The van der Waals surface area contributed by atoms with Gasteiger partial charge in [0.05, 0.1) is 23.8 Å². The number of nitriles is 1. The SMILES string of the molecule is Cc1ccc(OCCC(C)(C)C#N)c(CNCC(C)C)n1. The number of pyridine rings is 1. The molecular weight excluding hydrogens is 262 g/mol. The van der Waals surface area contributed by atoms with E-state index in [9.17, 15) is 0 Å². The van der Waals surface area contributed by atoms with Crippen molar-refractivity contribution in [1.82, 2.24) is 10.3 Å². The molecule has 21 heavy (non-hydrogen) atoms. The predicted octanol–water partition coefficient (Wildman–Crippen LogP) is 3.45. The van der Waals surface area contributed by atoms with Gasteiger partial charge in [-0.1, -0.05) is 13.8 Å². The maximum atomic E-state index is 9.02. The van der Waals surface area contributed by atoms with Gasteiger partial charge in [-0.15, -0.1) is 0 Å². The Morgan fingerprint density at radius 2 is 2.10 bits per heavy atom. The summed E-state index contributed by atoms with van der Waals surface area (Å²) in [4.78, 5) is 4.55. The lowest BCUT2D eigenvalue weighted by atomic mass is 9.92. The van der Waals surface area contributed by atoms with E-state index in [4.69, 9.17) is 10.00 Å². The van der Waals surface area contributed by atoms with Gasteiger partial charge in [0.2, 0.25) is 0 Å². The van der Waals surface area contributed by atoms with Crippen LogP contribution >= 0.6 is 0 Å². The third-order valence-corrected chi connectivity index (χ3v) is 3.20. The van der Waals surface area contributed by atoms with Crippen LogP contribution in [-0.2, 0) is 6.54 Å². The van der Waals surface area contributed by atoms with E-state index in [2.05, 4.69) is 30.2 Å². The van der Waals surface area contributed by atoms with E-state index in [1.807, 2.05) is 32.9 Å². The fourth-order valence-electron chi connectivity index (χ4n) is 1.81. The van der Waals surface area contributed by atoms with E-state index in [-0.39, 0.29) is 5.41 Å². The number of aryl methyl sites for hydroxylation is 1. The van der Waals surface area contributed by atoms with Gasteiger partial charge in [0.25, 0.3) is 0 Å². The Morgan fingerprint density at radius 1 is 1.38 bits per heavy atom. The summed E-state index contributed by atoms with van der Waals surface area (Å²) in [5.41, 5.74) is 1.57. The number of rotatable bonds is 8. The molecule has 1 aromatic heterocycles. The van der Waals surface area contributed by atoms with E-state index < -0.39 is 0 Å². The highest BCUT2D eigenvalue weighted by atomic mass is 16.5. The van der Waals surface area contributed by atoms with Crippen molar-refractivity contribution in [2.75, 3.05) is 13.2 Å². The van der Waals surface area contributed by atoms with Gasteiger partial charge in [-0.3, -0.25) is 4.98 Å². The van der Waals surface area contributed by atoms with Crippen LogP contribution in [0.3, 0.4) is 0 Å². The molecule has 1 N–H and O–H groups in total. The first-order valence-corrected chi connectivity index (χ1v) is 7.55. The lowest BCUT2D eigenvalue weighted by Crippen LogP contribution is -2.21. The average molecular weight is 289 g/mol. The predicted molar refractivity (Wildman–Crippen MR) is 85.0 cm³/mol. The van der Waals surface area contributed by atoms with Crippen LogP contribution in [0.1, 0.15) is 45.5 Å². The third kappa shape index (κ3) is 6.59. The third-order valence-electron chi connectivity index (χ3n) is 3.20. The zero-order valence-corrected chi connectivity index (χ0v) is 13.9. The molecular formula is C17H27N3O. The smallest absolute Gasteiger partial charge is 0.142 e. The summed E-state index contributed by atoms with van der Waals surface area (Å²) in [6.07, 6.45) is 0.705. The van der Waals surface area contributed by atoms with Crippen molar-refractivity contribution in [2.45, 2.75) is 47.6 Å². The first-order valence-electron chi connectivity index (χ1n) is 7.55. The van der Waals surface area contributed by atoms with Crippen LogP contribution in [0.5, 0.6) is 5.75 Å². The highest BCUT2D eigenvalue weighted by Crippen LogP contribution is 2.21. The second kappa shape index (κ2) is 7.99. The van der Waals surface area contributed by atoms with Crippen molar-refractivity contribution in [1.29, 1.82) is 5.26 Å². The van der Waals surface area contributed by atoms with Crippen LogP contribution in [-0.4, -0.2) is 18.1 Å². The minimum atomic E-state index is -0.353. The Morgan fingerprint density at radius 3 is 2.71 bits per heavy atom. The van der Waals surface area contributed by atoms with Gasteiger partial charge in [0.15, 0.2) is 0 Å². The van der Waals surface area contributed by atoms with Crippen LogP contribution in [0.25, 0.3) is 0 Å². The fourth-order valence-corrected chi connectivity index (χ4v) is 1.81. The number of hydrogen-bond donors (Lipinski definition) is 1. The average Bonchev–Trinajstić information content (AvgIpc) is 2.40. The van der Waals surface area contributed by atoms with Gasteiger partial charge in [0.1, 0.15) is 5.75 Å². The molecule has 0 saturated heterocycles. The van der Waals surface area contributed by atoms with Crippen LogP contribution in [0.15, 0.2) is 12.1 Å². The molecule has 0 fully saturated rings. The molecule has 0 radical (unpaired) electrons. The molecule has 1 rings (SSSR count). The fraction of sp³-hybridized carbons (Fsp3) is 0.647.